The van der Waals surface area contributed by atoms with Crippen LogP contribution >= 0.6 is 0 Å². The van der Waals surface area contributed by atoms with E-state index in [9.17, 15) is 14.4 Å². The molecule has 1 aromatic heterocycles. The van der Waals surface area contributed by atoms with Crippen molar-refractivity contribution in [1.29, 1.82) is 0 Å². The second kappa shape index (κ2) is 9.50. The predicted molar refractivity (Wildman–Crippen MR) is 93.4 cm³/mol. The van der Waals surface area contributed by atoms with Crippen molar-refractivity contribution in [2.24, 2.45) is 0 Å². The summed E-state index contributed by atoms with van der Waals surface area (Å²) in [4.78, 5) is 39.7. The van der Waals surface area contributed by atoms with E-state index in [2.05, 4.69) is 9.72 Å². The second-order valence-corrected chi connectivity index (χ2v) is 5.80. The van der Waals surface area contributed by atoms with Crippen LogP contribution in [-0.2, 0) is 49.7 Å². The van der Waals surface area contributed by atoms with Crippen LogP contribution in [0.4, 0.5) is 0 Å². The van der Waals surface area contributed by atoms with Gasteiger partial charge in [-0.1, -0.05) is 30.3 Å². The zero-order chi connectivity index (χ0) is 18.9. The molecule has 0 bridgehead atoms. The number of benzene rings is 1. The molecule has 0 saturated heterocycles. The number of methoxy groups -OCH3 is 2. The van der Waals surface area contributed by atoms with Crippen LogP contribution in [0.5, 0.6) is 0 Å². The van der Waals surface area contributed by atoms with Gasteiger partial charge in [0, 0.05) is 6.42 Å². The van der Waals surface area contributed by atoms with E-state index in [0.29, 0.717) is 24.2 Å². The van der Waals surface area contributed by atoms with Gasteiger partial charge in [-0.2, -0.15) is 0 Å². The quantitative estimate of drug-likeness (QED) is 0.632. The van der Waals surface area contributed by atoms with Crippen molar-refractivity contribution < 1.29 is 23.9 Å². The van der Waals surface area contributed by atoms with Crippen LogP contribution in [0.25, 0.3) is 0 Å². The molecule has 0 aliphatic rings. The van der Waals surface area contributed by atoms with Gasteiger partial charge < -0.3 is 14.0 Å². The van der Waals surface area contributed by atoms with Gasteiger partial charge in [0.2, 0.25) is 0 Å². The molecular weight excluding hydrogens is 336 g/mol. The first-order chi connectivity index (χ1) is 12.5. The van der Waals surface area contributed by atoms with E-state index in [1.165, 1.54) is 20.5 Å². The highest BCUT2D eigenvalue weighted by molar-refractivity contribution is 5.79. The zero-order valence-electron chi connectivity index (χ0n) is 14.9. The smallest absolute Gasteiger partial charge is 0.311 e. The number of hydrogen-bond donors (Lipinski definition) is 0. The van der Waals surface area contributed by atoms with Gasteiger partial charge in [-0.3, -0.25) is 14.4 Å². The van der Waals surface area contributed by atoms with Crippen LogP contribution in [-0.4, -0.2) is 41.5 Å². The van der Waals surface area contributed by atoms with E-state index in [4.69, 9.17) is 4.74 Å². The molecule has 2 aromatic rings. The number of carbonyl (C=O) groups excluding carboxylic acids is 3. The lowest BCUT2D eigenvalue weighted by atomic mass is 10.1. The number of ether oxygens (including phenoxy) is 2. The number of hydrogen-bond acceptors (Lipinski definition) is 6. The first-order valence-corrected chi connectivity index (χ1v) is 8.25. The Morgan fingerprint density at radius 2 is 1.65 bits per heavy atom. The number of carbonyl (C=O) groups is 3. The van der Waals surface area contributed by atoms with Crippen molar-refractivity contribution in [2.45, 2.75) is 32.2 Å². The van der Waals surface area contributed by atoms with Crippen molar-refractivity contribution >= 4 is 17.7 Å². The van der Waals surface area contributed by atoms with Gasteiger partial charge in [-0.25, -0.2) is 4.98 Å². The van der Waals surface area contributed by atoms with Crippen molar-refractivity contribution in [1.82, 2.24) is 9.55 Å². The highest BCUT2D eigenvalue weighted by Crippen LogP contribution is 2.12. The van der Waals surface area contributed by atoms with Gasteiger partial charge in [0.05, 0.1) is 51.3 Å². The van der Waals surface area contributed by atoms with E-state index in [0.717, 1.165) is 5.56 Å². The topological polar surface area (TPSA) is 87.5 Å². The Kier molecular flexibility index (Phi) is 7.08. The molecule has 138 valence electrons. The molecule has 0 amide bonds. The van der Waals surface area contributed by atoms with Gasteiger partial charge in [0.1, 0.15) is 0 Å². The minimum Gasteiger partial charge on any atom is -0.469 e. The highest BCUT2D eigenvalue weighted by atomic mass is 16.5. The van der Waals surface area contributed by atoms with Crippen LogP contribution in [0.3, 0.4) is 0 Å². The molecule has 1 heterocycles. The van der Waals surface area contributed by atoms with E-state index < -0.39 is 11.9 Å². The third-order valence-corrected chi connectivity index (χ3v) is 3.99. The number of ketones is 1. The fourth-order valence-corrected chi connectivity index (χ4v) is 2.55. The lowest BCUT2D eigenvalue weighted by molar-refractivity contribution is -0.141. The van der Waals surface area contributed by atoms with Gasteiger partial charge in [0.25, 0.3) is 0 Å². The fourth-order valence-electron chi connectivity index (χ4n) is 2.55. The Morgan fingerprint density at radius 1 is 1.00 bits per heavy atom. The number of Topliss-reactive ketones (excluding diaryl/α,β-unsaturated/α-hetero) is 1. The average Bonchev–Trinajstić information content (AvgIpc) is 3.01. The number of nitrogens with zero attached hydrogens (tertiary/aromatic N) is 2. The Morgan fingerprint density at radius 3 is 2.31 bits per heavy atom. The molecule has 0 unspecified atom stereocenters. The molecule has 1 aromatic carbocycles. The molecular formula is C19H22N2O5. The summed E-state index contributed by atoms with van der Waals surface area (Å²) >= 11 is 0. The van der Waals surface area contributed by atoms with Crippen LogP contribution in [0, 0.1) is 0 Å². The summed E-state index contributed by atoms with van der Waals surface area (Å²) in [6.07, 6.45) is 2.38. The van der Waals surface area contributed by atoms with E-state index >= 15 is 0 Å². The molecule has 7 nitrogen and oxygen atoms in total. The Balaban J connectivity index is 2.07. The maximum absolute atomic E-state index is 12.3. The fraction of sp³-hybridized carbons (Fsp3) is 0.368. The Labute approximate surface area is 151 Å². The van der Waals surface area contributed by atoms with Crippen molar-refractivity contribution in [2.75, 3.05) is 14.2 Å². The molecule has 0 aliphatic heterocycles. The average molecular weight is 358 g/mol. The first kappa shape index (κ1) is 19.4. The van der Waals surface area contributed by atoms with Gasteiger partial charge in [-0.05, 0) is 12.0 Å². The summed E-state index contributed by atoms with van der Waals surface area (Å²) in [7, 11) is 2.57. The predicted octanol–water partition coefficient (Wildman–Crippen LogP) is 1.52. The number of imidazole rings is 1. The number of esters is 2. The molecule has 26 heavy (non-hydrogen) atoms. The van der Waals surface area contributed by atoms with Crippen molar-refractivity contribution in [3.63, 3.8) is 0 Å². The van der Waals surface area contributed by atoms with E-state index in [-0.39, 0.29) is 25.2 Å². The minimum atomic E-state index is -0.463. The van der Waals surface area contributed by atoms with E-state index in [1.807, 2.05) is 30.3 Å². The summed E-state index contributed by atoms with van der Waals surface area (Å²) in [6.45, 7) is 0.0906. The summed E-state index contributed by atoms with van der Waals surface area (Å²) in [6, 6.07) is 9.74. The third-order valence-electron chi connectivity index (χ3n) is 3.99. The first-order valence-electron chi connectivity index (χ1n) is 8.25. The lowest BCUT2D eigenvalue weighted by Gasteiger charge is -2.09. The summed E-state index contributed by atoms with van der Waals surface area (Å²) in [5, 5.41) is 0. The monoisotopic (exact) mass is 358 g/mol. The zero-order valence-corrected chi connectivity index (χ0v) is 14.9. The normalized spacial score (nSPS) is 10.4. The van der Waals surface area contributed by atoms with Crippen LogP contribution in [0.15, 0.2) is 36.7 Å². The minimum absolute atomic E-state index is 0.0157. The highest BCUT2D eigenvalue weighted by Gasteiger charge is 2.19. The van der Waals surface area contributed by atoms with E-state index in [1.54, 1.807) is 4.57 Å². The second-order valence-electron chi connectivity index (χ2n) is 5.80. The number of aromatic nitrogens is 2. The molecule has 0 atom stereocenters. The van der Waals surface area contributed by atoms with Gasteiger partial charge >= 0.3 is 11.9 Å². The third kappa shape index (κ3) is 5.54. The standard InChI is InChI=1S/C19H22N2O5/c1-25-18(23)10-16-17(11-19(24)26-2)21(13-20-16)12-15(22)9-8-14-6-4-3-5-7-14/h3-7,13H,8-12H2,1-2H3. The molecule has 0 saturated carbocycles. The van der Waals surface area contributed by atoms with Crippen molar-refractivity contribution in [3.05, 3.63) is 53.6 Å². The molecule has 7 heteroatoms. The molecule has 0 fully saturated rings. The molecule has 0 aliphatic carbocycles. The van der Waals surface area contributed by atoms with Crippen LogP contribution in [0.2, 0.25) is 0 Å². The molecule has 2 rings (SSSR count). The van der Waals surface area contributed by atoms with Gasteiger partial charge in [-0.15, -0.1) is 0 Å². The maximum atomic E-state index is 12.3. The number of aryl methyl sites for hydroxylation is 1. The van der Waals surface area contributed by atoms with Crippen LogP contribution < -0.4 is 0 Å². The van der Waals surface area contributed by atoms with Crippen LogP contribution in [0.1, 0.15) is 23.4 Å². The Hall–Kier alpha value is -2.96. The van der Waals surface area contributed by atoms with Crippen molar-refractivity contribution in [3.8, 4) is 0 Å². The Bertz CT molecular complexity index is 767. The molecule has 0 radical (unpaired) electrons. The summed E-state index contributed by atoms with van der Waals surface area (Å²) in [5.41, 5.74) is 2.00. The molecule has 0 N–H and O–H groups in total. The maximum Gasteiger partial charge on any atom is 0.311 e. The summed E-state index contributed by atoms with van der Waals surface area (Å²) in [5.74, 6) is -0.909. The summed E-state index contributed by atoms with van der Waals surface area (Å²) < 4.78 is 10.9. The largest absolute Gasteiger partial charge is 0.469 e. The van der Waals surface area contributed by atoms with Gasteiger partial charge in [0.15, 0.2) is 5.78 Å². The SMILES string of the molecule is COC(=O)Cc1ncn(CC(=O)CCc2ccccc2)c1CC(=O)OC. The number of rotatable bonds is 9. The lowest BCUT2D eigenvalue weighted by Crippen LogP contribution is -2.17. The molecule has 0 spiro atoms.